The second-order valence-corrected chi connectivity index (χ2v) is 18.2. The molecule has 0 heterocycles. The molecule has 10 nitrogen and oxygen atoms in total. The summed E-state index contributed by atoms with van der Waals surface area (Å²) in [7, 11) is -1.47. The van der Waals surface area contributed by atoms with E-state index in [1.807, 2.05) is 0 Å². The summed E-state index contributed by atoms with van der Waals surface area (Å²) in [5, 5.41) is 5.08. The highest BCUT2D eigenvalue weighted by atomic mass is 79.9. The van der Waals surface area contributed by atoms with Gasteiger partial charge in [0.25, 0.3) is 0 Å². The van der Waals surface area contributed by atoms with E-state index in [0.717, 1.165) is 6.04 Å². The van der Waals surface area contributed by atoms with Gasteiger partial charge in [-0.05, 0) is 60.4 Å². The maximum atomic E-state index is 13.1. The molecule has 0 aromatic heterocycles. The molecule has 0 aromatic carbocycles. The Morgan fingerprint density at radius 2 is 1.24 bits per heavy atom. The van der Waals surface area contributed by atoms with Crippen molar-refractivity contribution >= 4 is 53.7 Å². The first-order valence-electron chi connectivity index (χ1n) is 12.5. The number of hydrogen-bond acceptors (Lipinski definition) is 8. The summed E-state index contributed by atoms with van der Waals surface area (Å²) in [6, 6.07) is -1.49. The molecule has 0 aliphatic carbocycles. The van der Waals surface area contributed by atoms with E-state index < -0.39 is 61.1 Å². The van der Waals surface area contributed by atoms with Gasteiger partial charge in [0.15, 0.2) is 0 Å². The van der Waals surface area contributed by atoms with Gasteiger partial charge in [-0.2, -0.15) is 0 Å². The van der Waals surface area contributed by atoms with Gasteiger partial charge in [0, 0.05) is 20.9 Å². The zero-order valence-corrected chi connectivity index (χ0v) is 26.3. The predicted molar refractivity (Wildman–Crippen MR) is 147 cm³/mol. The van der Waals surface area contributed by atoms with E-state index in [4.69, 9.17) is 14.2 Å². The molecule has 2 amide bonds. The van der Waals surface area contributed by atoms with Gasteiger partial charge in [0.05, 0.1) is 11.9 Å². The minimum atomic E-state index is -1.47. The molecular weight excluding hydrogens is 564 g/mol. The Bertz CT molecular complexity index is 800. The average molecular weight is 610 g/mol. The Labute approximate surface area is 230 Å². The van der Waals surface area contributed by atoms with Crippen LogP contribution in [0.5, 0.6) is 0 Å². The summed E-state index contributed by atoms with van der Waals surface area (Å²) in [6.45, 7) is 17.0. The van der Waals surface area contributed by atoms with Crippen LogP contribution in [0.15, 0.2) is 0 Å². The van der Waals surface area contributed by atoms with E-state index in [1.54, 1.807) is 41.5 Å². The van der Waals surface area contributed by atoms with Gasteiger partial charge in [-0.1, -0.05) is 35.6 Å². The standard InChI is InChI=1S/C25H45BrN2O8Si/c1-24(2,3)35-20(30)12-10-17(27-19(29)16-26)22(32)28-18(11-13-21(31)36-25(4,5)6)23(33)34-14-15-37(7,8)9/h17-18H,10-16H2,1-9H3,(H,27,29)(H,28,32)/t17-,18-/m0/s1. The molecule has 37 heavy (non-hydrogen) atoms. The van der Waals surface area contributed by atoms with Crippen LogP contribution in [0.25, 0.3) is 0 Å². The molecule has 0 unspecified atom stereocenters. The van der Waals surface area contributed by atoms with Crippen molar-refractivity contribution in [1.29, 1.82) is 0 Å². The van der Waals surface area contributed by atoms with Crippen LogP contribution in [0.2, 0.25) is 25.7 Å². The molecule has 0 aliphatic heterocycles. The van der Waals surface area contributed by atoms with Crippen LogP contribution in [0.1, 0.15) is 67.2 Å². The molecule has 0 aliphatic rings. The number of alkyl halides is 1. The predicted octanol–water partition coefficient (Wildman–Crippen LogP) is 3.48. The summed E-state index contributed by atoms with van der Waals surface area (Å²) in [5.41, 5.74) is -1.39. The molecule has 0 rings (SSSR count). The molecule has 2 atom stereocenters. The third kappa shape index (κ3) is 18.9. The largest absolute Gasteiger partial charge is 0.464 e. The first-order chi connectivity index (χ1) is 16.7. The third-order valence-electron chi connectivity index (χ3n) is 4.58. The van der Waals surface area contributed by atoms with Gasteiger partial charge in [0.2, 0.25) is 11.8 Å². The van der Waals surface area contributed by atoms with Crippen LogP contribution < -0.4 is 10.6 Å². The number of esters is 3. The van der Waals surface area contributed by atoms with E-state index in [0.29, 0.717) is 0 Å². The smallest absolute Gasteiger partial charge is 0.328 e. The number of carbonyl (C=O) groups excluding carboxylic acids is 5. The summed E-state index contributed by atoms with van der Waals surface area (Å²) < 4.78 is 16.0. The maximum Gasteiger partial charge on any atom is 0.328 e. The van der Waals surface area contributed by atoms with Gasteiger partial charge in [-0.25, -0.2) is 4.79 Å². The van der Waals surface area contributed by atoms with Crippen molar-refractivity contribution in [2.45, 2.75) is 116 Å². The molecular formula is C25H45BrN2O8Si. The Balaban J connectivity index is 5.50. The number of nitrogens with one attached hydrogen (secondary N) is 2. The zero-order chi connectivity index (χ0) is 29.0. The van der Waals surface area contributed by atoms with Gasteiger partial charge in [-0.15, -0.1) is 0 Å². The van der Waals surface area contributed by atoms with Crippen molar-refractivity contribution in [2.24, 2.45) is 0 Å². The van der Waals surface area contributed by atoms with Gasteiger partial charge >= 0.3 is 17.9 Å². The highest BCUT2D eigenvalue weighted by Gasteiger charge is 2.30. The molecule has 0 saturated carbocycles. The molecule has 2 N–H and O–H groups in total. The van der Waals surface area contributed by atoms with Crippen LogP contribution in [-0.2, 0) is 38.2 Å². The topological polar surface area (TPSA) is 137 Å². The number of rotatable bonds is 14. The Morgan fingerprint density at radius 3 is 1.65 bits per heavy atom. The first-order valence-corrected chi connectivity index (χ1v) is 17.3. The Hall–Kier alpha value is -1.95. The van der Waals surface area contributed by atoms with Crippen LogP contribution >= 0.6 is 15.9 Å². The van der Waals surface area contributed by atoms with Crippen molar-refractivity contribution in [3.8, 4) is 0 Å². The molecule has 0 spiro atoms. The van der Waals surface area contributed by atoms with Crippen molar-refractivity contribution in [1.82, 2.24) is 10.6 Å². The Morgan fingerprint density at radius 1 is 0.784 bits per heavy atom. The lowest BCUT2D eigenvalue weighted by molar-refractivity contribution is -0.157. The van der Waals surface area contributed by atoms with Crippen molar-refractivity contribution in [2.75, 3.05) is 11.9 Å². The zero-order valence-electron chi connectivity index (χ0n) is 23.7. The third-order valence-corrected chi connectivity index (χ3v) is 6.80. The van der Waals surface area contributed by atoms with E-state index in [1.165, 1.54) is 0 Å². The lowest BCUT2D eigenvalue weighted by atomic mass is 10.1. The van der Waals surface area contributed by atoms with Crippen molar-refractivity contribution < 1.29 is 38.2 Å². The monoisotopic (exact) mass is 608 g/mol. The molecule has 0 aromatic rings. The Kier molecular flexibility index (Phi) is 14.6. The van der Waals surface area contributed by atoms with Crippen LogP contribution in [0.3, 0.4) is 0 Å². The fourth-order valence-electron chi connectivity index (χ4n) is 2.89. The first kappa shape index (κ1) is 35.0. The normalized spacial score (nSPS) is 13.7. The lowest BCUT2D eigenvalue weighted by Crippen LogP contribution is -2.52. The number of carbonyl (C=O) groups is 5. The van der Waals surface area contributed by atoms with Crippen molar-refractivity contribution in [3.63, 3.8) is 0 Å². The second kappa shape index (κ2) is 15.5. The minimum absolute atomic E-state index is 0.0387. The van der Waals surface area contributed by atoms with E-state index in [2.05, 4.69) is 46.2 Å². The van der Waals surface area contributed by atoms with Gasteiger partial charge < -0.3 is 24.8 Å². The molecule has 0 bridgehead atoms. The van der Waals surface area contributed by atoms with Crippen LogP contribution in [-0.4, -0.2) is 73.0 Å². The molecule has 0 radical (unpaired) electrons. The summed E-state index contributed by atoms with van der Waals surface area (Å²) in [6.07, 6.45) is -0.330. The fraction of sp³-hybridized carbons (Fsp3) is 0.800. The van der Waals surface area contributed by atoms with Gasteiger partial charge in [0.1, 0.15) is 23.3 Å². The van der Waals surface area contributed by atoms with E-state index in [9.17, 15) is 24.0 Å². The number of halogens is 1. The quantitative estimate of drug-likeness (QED) is 0.132. The average Bonchev–Trinajstić information content (AvgIpc) is 2.69. The molecule has 0 saturated heterocycles. The fourth-order valence-corrected chi connectivity index (χ4v) is 3.77. The van der Waals surface area contributed by atoms with Crippen LogP contribution in [0.4, 0.5) is 0 Å². The summed E-state index contributed by atoms with van der Waals surface area (Å²) in [5.74, 6) is -2.85. The molecule has 12 heteroatoms. The molecule has 0 fully saturated rings. The van der Waals surface area contributed by atoms with Crippen molar-refractivity contribution in [3.05, 3.63) is 0 Å². The number of ether oxygens (including phenoxy) is 3. The maximum absolute atomic E-state index is 13.1. The van der Waals surface area contributed by atoms with E-state index in [-0.39, 0.29) is 37.6 Å². The number of amides is 2. The highest BCUT2D eigenvalue weighted by molar-refractivity contribution is 9.09. The lowest BCUT2D eigenvalue weighted by Gasteiger charge is -2.24. The highest BCUT2D eigenvalue weighted by Crippen LogP contribution is 2.14. The molecule has 214 valence electrons. The summed E-state index contributed by atoms with van der Waals surface area (Å²) >= 11 is 3.04. The number of hydrogen-bond donors (Lipinski definition) is 2. The van der Waals surface area contributed by atoms with E-state index >= 15 is 0 Å². The SMILES string of the molecule is CC(C)(C)OC(=O)CC[C@H](NC(=O)CBr)C(=O)N[C@@H](CCC(=O)OC(C)(C)C)C(=O)OCC[Si](C)(C)C. The van der Waals surface area contributed by atoms with Crippen LogP contribution in [0, 0.1) is 0 Å². The second-order valence-electron chi connectivity index (χ2n) is 12.0. The summed E-state index contributed by atoms with van der Waals surface area (Å²) in [4.78, 5) is 62.3. The van der Waals surface area contributed by atoms with Gasteiger partial charge in [-0.3, -0.25) is 19.2 Å². The minimum Gasteiger partial charge on any atom is -0.464 e.